The molecule has 1 saturated heterocycles. The number of carbonyl (C=O) groups is 3. The van der Waals surface area contributed by atoms with Crippen molar-refractivity contribution in [3.8, 4) is 0 Å². The van der Waals surface area contributed by atoms with E-state index in [4.69, 9.17) is 5.73 Å². The second-order valence-electron chi connectivity index (χ2n) is 4.79. The molecule has 1 aliphatic rings. The zero-order chi connectivity index (χ0) is 14.7. The first-order chi connectivity index (χ1) is 9.50. The Bertz CT molecular complexity index is 556. The van der Waals surface area contributed by atoms with Crippen LogP contribution >= 0.6 is 0 Å². The Labute approximate surface area is 116 Å². The predicted octanol–water partition coefficient (Wildman–Crippen LogP) is 0.865. The Morgan fingerprint density at radius 1 is 1.20 bits per heavy atom. The first kappa shape index (κ1) is 14.0. The van der Waals surface area contributed by atoms with E-state index in [2.05, 4.69) is 0 Å². The van der Waals surface area contributed by atoms with E-state index in [-0.39, 0.29) is 17.0 Å². The van der Waals surface area contributed by atoms with Gasteiger partial charge in [-0.3, -0.25) is 9.59 Å². The van der Waals surface area contributed by atoms with Gasteiger partial charge in [-0.2, -0.15) is 0 Å². The first-order valence-electron chi connectivity index (χ1n) is 6.44. The fourth-order valence-electron chi connectivity index (χ4n) is 2.40. The van der Waals surface area contributed by atoms with Crippen molar-refractivity contribution < 1.29 is 19.5 Å². The number of nitrogens with two attached hydrogens (primary N) is 1. The highest BCUT2D eigenvalue weighted by atomic mass is 16.4. The van der Waals surface area contributed by atoms with Crippen LogP contribution in [0.25, 0.3) is 0 Å². The molecular formula is C14H16N2O4. The number of hydrogen-bond donors (Lipinski definition) is 2. The summed E-state index contributed by atoms with van der Waals surface area (Å²) in [7, 11) is 0. The number of benzene rings is 1. The lowest BCUT2D eigenvalue weighted by atomic mass is 10.0. The van der Waals surface area contributed by atoms with Crippen LogP contribution in [0.2, 0.25) is 0 Å². The summed E-state index contributed by atoms with van der Waals surface area (Å²) in [6, 6.07) is 5.24. The lowest BCUT2D eigenvalue weighted by Crippen LogP contribution is -2.48. The van der Waals surface area contributed by atoms with E-state index in [9.17, 15) is 19.5 Å². The summed E-state index contributed by atoms with van der Waals surface area (Å²) in [5.41, 5.74) is 5.70. The minimum Gasteiger partial charge on any atom is -0.480 e. The van der Waals surface area contributed by atoms with Gasteiger partial charge in [0.15, 0.2) is 0 Å². The Hall–Kier alpha value is -2.37. The Balaban J connectivity index is 2.27. The third kappa shape index (κ3) is 2.79. The zero-order valence-electron chi connectivity index (χ0n) is 10.9. The van der Waals surface area contributed by atoms with Gasteiger partial charge in [-0.1, -0.05) is 6.07 Å². The van der Waals surface area contributed by atoms with Crippen LogP contribution in [0, 0.1) is 0 Å². The predicted molar refractivity (Wildman–Crippen MR) is 71.3 cm³/mol. The third-order valence-electron chi connectivity index (χ3n) is 3.44. The summed E-state index contributed by atoms with van der Waals surface area (Å²) in [4.78, 5) is 36.1. The fourth-order valence-corrected chi connectivity index (χ4v) is 2.40. The average Bonchev–Trinajstić information content (AvgIpc) is 2.46. The Morgan fingerprint density at radius 2 is 1.90 bits per heavy atom. The molecule has 0 spiro atoms. The highest BCUT2D eigenvalue weighted by Crippen LogP contribution is 2.20. The number of rotatable bonds is 3. The number of nitrogens with zero attached hydrogens (tertiary/aromatic N) is 1. The fraction of sp³-hybridized carbons (Fsp3) is 0.357. The molecule has 0 bridgehead atoms. The molecule has 0 aliphatic carbocycles. The second kappa shape index (κ2) is 5.73. The summed E-state index contributed by atoms with van der Waals surface area (Å²) in [5.74, 6) is -1.99. The number of piperidine rings is 1. The molecule has 0 aromatic heterocycles. The van der Waals surface area contributed by atoms with E-state index in [1.54, 1.807) is 12.1 Å². The molecule has 1 heterocycles. The van der Waals surface area contributed by atoms with Crippen molar-refractivity contribution in [3.05, 3.63) is 35.4 Å². The smallest absolute Gasteiger partial charge is 0.326 e. The largest absolute Gasteiger partial charge is 0.480 e. The van der Waals surface area contributed by atoms with E-state index in [0.29, 0.717) is 13.0 Å². The minimum absolute atomic E-state index is 0.236. The van der Waals surface area contributed by atoms with Crippen molar-refractivity contribution in [2.75, 3.05) is 6.54 Å². The van der Waals surface area contributed by atoms with Crippen LogP contribution in [-0.2, 0) is 4.79 Å². The molecule has 1 aromatic carbocycles. The number of aliphatic carboxylic acids is 1. The molecule has 1 aliphatic heterocycles. The molecular weight excluding hydrogens is 260 g/mol. The monoisotopic (exact) mass is 276 g/mol. The van der Waals surface area contributed by atoms with Gasteiger partial charge in [0.1, 0.15) is 6.04 Å². The standard InChI is InChI=1S/C14H16N2O4/c15-12(17)9-4-3-5-10(8-9)13(18)16-7-2-1-6-11(16)14(19)20/h3-5,8,11H,1-2,6-7H2,(H2,15,17)(H,19,20). The number of hydrogen-bond acceptors (Lipinski definition) is 3. The number of carboxylic acid groups (broad SMARTS) is 1. The number of carboxylic acids is 1. The maximum atomic E-state index is 12.4. The van der Waals surface area contributed by atoms with E-state index in [1.807, 2.05) is 0 Å². The van der Waals surface area contributed by atoms with Crippen molar-refractivity contribution in [1.29, 1.82) is 0 Å². The molecule has 20 heavy (non-hydrogen) atoms. The minimum atomic E-state index is -0.996. The molecule has 1 aromatic rings. The van der Waals surface area contributed by atoms with Crippen molar-refractivity contribution in [3.63, 3.8) is 0 Å². The summed E-state index contributed by atoms with van der Waals surface area (Å²) in [6.45, 7) is 0.413. The van der Waals surface area contributed by atoms with Crippen LogP contribution in [0.5, 0.6) is 0 Å². The van der Waals surface area contributed by atoms with Gasteiger partial charge in [-0.25, -0.2) is 4.79 Å². The van der Waals surface area contributed by atoms with Crippen LogP contribution < -0.4 is 5.73 Å². The maximum Gasteiger partial charge on any atom is 0.326 e. The van der Waals surface area contributed by atoms with Crippen molar-refractivity contribution in [2.24, 2.45) is 5.73 Å². The molecule has 2 amide bonds. The molecule has 106 valence electrons. The lowest BCUT2D eigenvalue weighted by molar-refractivity contribution is -0.143. The molecule has 2 rings (SSSR count). The van der Waals surface area contributed by atoms with Gasteiger partial charge < -0.3 is 15.7 Å². The summed E-state index contributed by atoms with van der Waals surface area (Å²) in [6.07, 6.45) is 2.03. The number of primary amides is 1. The van der Waals surface area contributed by atoms with Crippen LogP contribution in [0.1, 0.15) is 40.0 Å². The van der Waals surface area contributed by atoms with Crippen LogP contribution in [0.15, 0.2) is 24.3 Å². The summed E-state index contributed by atoms with van der Waals surface area (Å²) < 4.78 is 0. The van der Waals surface area contributed by atoms with Gasteiger partial charge in [0.05, 0.1) is 0 Å². The van der Waals surface area contributed by atoms with E-state index >= 15 is 0 Å². The van der Waals surface area contributed by atoms with E-state index < -0.39 is 17.9 Å². The highest BCUT2D eigenvalue weighted by Gasteiger charge is 2.32. The quantitative estimate of drug-likeness (QED) is 0.855. The highest BCUT2D eigenvalue weighted by molar-refractivity contribution is 6.00. The molecule has 1 unspecified atom stereocenters. The topological polar surface area (TPSA) is 101 Å². The number of likely N-dealkylation sites (tertiary alicyclic amines) is 1. The van der Waals surface area contributed by atoms with E-state index in [1.165, 1.54) is 17.0 Å². The first-order valence-corrected chi connectivity index (χ1v) is 6.44. The summed E-state index contributed by atoms with van der Waals surface area (Å²) in [5, 5.41) is 9.18. The molecule has 6 heteroatoms. The van der Waals surface area contributed by atoms with Crippen LogP contribution in [0.3, 0.4) is 0 Å². The maximum absolute atomic E-state index is 12.4. The summed E-state index contributed by atoms with van der Waals surface area (Å²) >= 11 is 0. The zero-order valence-corrected chi connectivity index (χ0v) is 10.9. The number of amides is 2. The van der Waals surface area contributed by atoms with Gasteiger partial charge in [-0.15, -0.1) is 0 Å². The Kier molecular flexibility index (Phi) is 4.02. The van der Waals surface area contributed by atoms with Gasteiger partial charge in [0.2, 0.25) is 5.91 Å². The van der Waals surface area contributed by atoms with Crippen LogP contribution in [-0.4, -0.2) is 40.4 Å². The van der Waals surface area contributed by atoms with Crippen molar-refractivity contribution >= 4 is 17.8 Å². The van der Waals surface area contributed by atoms with Crippen molar-refractivity contribution in [2.45, 2.75) is 25.3 Å². The molecule has 6 nitrogen and oxygen atoms in total. The SMILES string of the molecule is NC(=O)c1cccc(C(=O)N2CCCCC2C(=O)O)c1. The lowest BCUT2D eigenvalue weighted by Gasteiger charge is -2.33. The van der Waals surface area contributed by atoms with E-state index in [0.717, 1.165) is 12.8 Å². The Morgan fingerprint density at radius 3 is 2.55 bits per heavy atom. The molecule has 0 radical (unpaired) electrons. The third-order valence-corrected chi connectivity index (χ3v) is 3.44. The molecule has 1 atom stereocenters. The van der Waals surface area contributed by atoms with Crippen LogP contribution in [0.4, 0.5) is 0 Å². The normalized spacial score (nSPS) is 18.6. The van der Waals surface area contributed by atoms with Gasteiger partial charge in [0.25, 0.3) is 5.91 Å². The van der Waals surface area contributed by atoms with Gasteiger partial charge in [-0.05, 0) is 37.5 Å². The molecule has 0 saturated carbocycles. The molecule has 3 N–H and O–H groups in total. The average molecular weight is 276 g/mol. The number of carbonyl (C=O) groups excluding carboxylic acids is 2. The van der Waals surface area contributed by atoms with Gasteiger partial charge >= 0.3 is 5.97 Å². The van der Waals surface area contributed by atoms with Crippen molar-refractivity contribution in [1.82, 2.24) is 4.90 Å². The molecule has 1 fully saturated rings. The second-order valence-corrected chi connectivity index (χ2v) is 4.79. The van der Waals surface area contributed by atoms with Gasteiger partial charge in [0, 0.05) is 17.7 Å².